The van der Waals surface area contributed by atoms with E-state index < -0.39 is 0 Å². The van der Waals surface area contributed by atoms with Crippen molar-refractivity contribution < 1.29 is 0 Å². The van der Waals surface area contributed by atoms with Crippen molar-refractivity contribution in [1.29, 1.82) is 0 Å². The van der Waals surface area contributed by atoms with Gasteiger partial charge in [0.25, 0.3) is 5.56 Å². The molecule has 3 aromatic rings. The SMILES string of the molecule is Cc1nc2cccc3n([B]N(C)C)c(=O)c1n23.II. The quantitative estimate of drug-likeness (QED) is 0.417. The zero-order chi connectivity index (χ0) is 14.2. The molecule has 0 aliphatic carbocycles. The zero-order valence-corrected chi connectivity index (χ0v) is 15.1. The molecule has 0 aliphatic rings. The summed E-state index contributed by atoms with van der Waals surface area (Å²) >= 11 is 4.24. The Kier molecular flexibility index (Phi) is 4.72. The van der Waals surface area contributed by atoms with Crippen LogP contribution >= 0.6 is 37.2 Å². The number of aryl methyl sites for hydroxylation is 1. The van der Waals surface area contributed by atoms with Crippen LogP contribution in [0.15, 0.2) is 23.0 Å². The molecule has 0 amide bonds. The van der Waals surface area contributed by atoms with E-state index >= 15 is 0 Å². The van der Waals surface area contributed by atoms with Crippen LogP contribution in [0.4, 0.5) is 0 Å². The number of rotatable bonds is 2. The van der Waals surface area contributed by atoms with Gasteiger partial charge in [-0.3, -0.25) is 9.20 Å². The predicted octanol–water partition coefficient (Wildman–Crippen LogP) is 2.11. The van der Waals surface area contributed by atoms with E-state index in [9.17, 15) is 4.79 Å². The molecule has 0 aliphatic heterocycles. The molecule has 19 heavy (non-hydrogen) atoms. The fraction of sp³-hybridized carbons (Fsp3) is 0.273. The molecule has 0 fully saturated rings. The fourth-order valence-electron chi connectivity index (χ4n) is 2.19. The predicted molar refractivity (Wildman–Crippen MR) is 95.8 cm³/mol. The summed E-state index contributed by atoms with van der Waals surface area (Å²) in [6, 6.07) is 5.74. The summed E-state index contributed by atoms with van der Waals surface area (Å²) in [5, 5.41) is 0. The first-order chi connectivity index (χ1) is 9.09. The Morgan fingerprint density at radius 1 is 1.32 bits per heavy atom. The van der Waals surface area contributed by atoms with Crippen molar-refractivity contribution in [1.82, 2.24) is 18.7 Å². The normalized spacial score (nSPS) is 11.1. The van der Waals surface area contributed by atoms with E-state index in [4.69, 9.17) is 0 Å². The Morgan fingerprint density at radius 3 is 2.63 bits per heavy atom. The van der Waals surface area contributed by atoms with Gasteiger partial charge in [0.1, 0.15) is 16.8 Å². The van der Waals surface area contributed by atoms with Gasteiger partial charge in [-0.1, -0.05) is 6.07 Å². The Bertz CT molecular complexity index is 752. The molecule has 99 valence electrons. The Labute approximate surface area is 134 Å². The van der Waals surface area contributed by atoms with Gasteiger partial charge in [-0.15, -0.1) is 0 Å². The molecular weight excluding hydrogens is 469 g/mol. The smallest absolute Gasteiger partial charge is 0.332 e. The molecule has 0 saturated heterocycles. The third kappa shape index (κ3) is 2.49. The number of pyridine rings is 1. The minimum Gasteiger partial charge on any atom is -0.332 e. The van der Waals surface area contributed by atoms with Crippen LogP contribution in [0.1, 0.15) is 5.69 Å². The molecule has 3 aromatic heterocycles. The van der Waals surface area contributed by atoms with E-state index in [1.807, 2.05) is 48.4 Å². The highest BCUT2D eigenvalue weighted by Crippen LogP contribution is 2.16. The van der Waals surface area contributed by atoms with Crippen LogP contribution in [0.3, 0.4) is 0 Å². The molecule has 8 heteroatoms. The summed E-state index contributed by atoms with van der Waals surface area (Å²) in [4.78, 5) is 18.5. The van der Waals surface area contributed by atoms with Crippen molar-refractivity contribution in [2.45, 2.75) is 6.92 Å². The van der Waals surface area contributed by atoms with Gasteiger partial charge in [-0.2, -0.15) is 0 Å². The van der Waals surface area contributed by atoms with Gasteiger partial charge >= 0.3 is 7.55 Å². The topological polar surface area (TPSA) is 42.5 Å². The van der Waals surface area contributed by atoms with Gasteiger partial charge < -0.3 is 9.29 Å². The van der Waals surface area contributed by atoms with Crippen molar-refractivity contribution >= 4 is 61.6 Å². The van der Waals surface area contributed by atoms with Gasteiger partial charge in [0, 0.05) is 37.2 Å². The van der Waals surface area contributed by atoms with E-state index in [0.717, 1.165) is 17.0 Å². The minimum atomic E-state index is -0.0232. The highest BCUT2D eigenvalue weighted by molar-refractivity contribution is 15.0. The Hall–Kier alpha value is -0.355. The second-order valence-electron chi connectivity index (χ2n) is 4.38. The van der Waals surface area contributed by atoms with Crippen molar-refractivity contribution in [2.24, 2.45) is 0 Å². The highest BCUT2D eigenvalue weighted by atomic mass is 128. The van der Waals surface area contributed by atoms with Crippen molar-refractivity contribution in [3.8, 4) is 0 Å². The number of nitrogens with zero attached hydrogens (tertiary/aromatic N) is 4. The van der Waals surface area contributed by atoms with Crippen LogP contribution in [-0.2, 0) is 0 Å². The number of hydrogen-bond acceptors (Lipinski definition) is 3. The number of hydrogen-bond donors (Lipinski definition) is 0. The summed E-state index contributed by atoms with van der Waals surface area (Å²) in [5.41, 5.74) is 3.07. The average molecular weight is 481 g/mol. The molecule has 0 bridgehead atoms. The first-order valence-corrected chi connectivity index (χ1v) is 11.9. The Morgan fingerprint density at radius 2 is 2.00 bits per heavy atom. The third-order valence-electron chi connectivity index (χ3n) is 2.81. The summed E-state index contributed by atoms with van der Waals surface area (Å²) < 4.78 is 3.55. The molecule has 0 aromatic carbocycles. The first kappa shape index (κ1) is 15.0. The summed E-state index contributed by atoms with van der Waals surface area (Å²) in [6.45, 7) is 1.86. The van der Waals surface area contributed by atoms with E-state index in [2.05, 4.69) is 42.2 Å². The summed E-state index contributed by atoms with van der Waals surface area (Å²) in [6.07, 6.45) is 0. The lowest BCUT2D eigenvalue weighted by atomic mass is 10.1. The lowest BCUT2D eigenvalue weighted by Gasteiger charge is -2.08. The van der Waals surface area contributed by atoms with Crippen LogP contribution in [0.2, 0.25) is 0 Å². The van der Waals surface area contributed by atoms with E-state index in [1.165, 1.54) is 0 Å². The van der Waals surface area contributed by atoms with E-state index in [-0.39, 0.29) is 5.56 Å². The minimum absolute atomic E-state index is 0.0232. The van der Waals surface area contributed by atoms with Gasteiger partial charge in [-0.05, 0) is 33.2 Å². The Balaban J connectivity index is 0.000000637. The molecule has 0 saturated carbocycles. The molecule has 0 unspecified atom stereocenters. The standard InChI is InChI=1S/C11H12BN4O.I2/c1-7-10-11(17)16(12-14(2)3)9-6-4-5-8(13-7)15(9)10;1-2/h4-6H,1-3H3;. The highest BCUT2D eigenvalue weighted by Gasteiger charge is 2.18. The molecule has 0 N–H and O–H groups in total. The maximum absolute atomic E-state index is 12.3. The monoisotopic (exact) mass is 481 g/mol. The lowest BCUT2D eigenvalue weighted by Crippen LogP contribution is -2.31. The van der Waals surface area contributed by atoms with Crippen LogP contribution < -0.4 is 5.56 Å². The van der Waals surface area contributed by atoms with Gasteiger partial charge in [0.15, 0.2) is 0 Å². The third-order valence-corrected chi connectivity index (χ3v) is 2.81. The number of imidazole rings is 2. The van der Waals surface area contributed by atoms with E-state index in [0.29, 0.717) is 5.52 Å². The zero-order valence-electron chi connectivity index (χ0n) is 10.8. The number of aromatic nitrogens is 3. The average Bonchev–Trinajstić information content (AvgIpc) is 2.86. The van der Waals surface area contributed by atoms with Crippen LogP contribution in [0, 0.1) is 6.92 Å². The molecule has 1 radical (unpaired) electrons. The number of halogens is 2. The molecule has 3 heterocycles. The van der Waals surface area contributed by atoms with Gasteiger partial charge in [0.05, 0.1) is 5.69 Å². The second-order valence-corrected chi connectivity index (χ2v) is 4.38. The van der Waals surface area contributed by atoms with Gasteiger partial charge in [0.2, 0.25) is 0 Å². The maximum Gasteiger partial charge on any atom is 0.361 e. The first-order valence-electron chi connectivity index (χ1n) is 5.57. The largest absolute Gasteiger partial charge is 0.361 e. The second kappa shape index (κ2) is 5.96. The molecule has 5 nitrogen and oxygen atoms in total. The van der Waals surface area contributed by atoms with Crippen molar-refractivity contribution in [2.75, 3.05) is 14.1 Å². The van der Waals surface area contributed by atoms with Crippen molar-refractivity contribution in [3.63, 3.8) is 0 Å². The van der Waals surface area contributed by atoms with E-state index in [1.54, 1.807) is 12.0 Å². The van der Waals surface area contributed by atoms with Crippen LogP contribution in [-0.4, -0.2) is 40.3 Å². The molecular formula is C11H12BI2N4O. The molecule has 0 atom stereocenters. The lowest BCUT2D eigenvalue weighted by molar-refractivity contribution is 0.648. The van der Waals surface area contributed by atoms with Gasteiger partial charge in [-0.25, -0.2) is 4.98 Å². The maximum atomic E-state index is 12.3. The fourth-order valence-corrected chi connectivity index (χ4v) is 2.19. The molecule has 3 rings (SSSR count). The van der Waals surface area contributed by atoms with Crippen LogP contribution in [0.25, 0.3) is 16.8 Å². The van der Waals surface area contributed by atoms with Crippen molar-refractivity contribution in [3.05, 3.63) is 34.2 Å². The summed E-state index contributed by atoms with van der Waals surface area (Å²) in [5.74, 6) is 0. The summed E-state index contributed by atoms with van der Waals surface area (Å²) in [7, 11) is 5.57. The molecule has 0 spiro atoms. The van der Waals surface area contributed by atoms with Crippen LogP contribution in [0.5, 0.6) is 0 Å².